The molecule has 5 nitrogen and oxygen atoms in total. The van der Waals surface area contributed by atoms with E-state index < -0.39 is 5.97 Å². The summed E-state index contributed by atoms with van der Waals surface area (Å²) in [5, 5.41) is 11.9. The van der Waals surface area contributed by atoms with E-state index in [-0.39, 0.29) is 24.2 Å². The van der Waals surface area contributed by atoms with E-state index in [4.69, 9.17) is 5.11 Å². The highest BCUT2D eigenvalue weighted by Crippen LogP contribution is 2.12. The summed E-state index contributed by atoms with van der Waals surface area (Å²) in [7, 11) is 5.96. The van der Waals surface area contributed by atoms with Gasteiger partial charge in [0.25, 0.3) is 0 Å². The van der Waals surface area contributed by atoms with Crippen LogP contribution in [0.2, 0.25) is 0 Å². The normalized spacial score (nSPS) is 12.6. The largest absolute Gasteiger partial charge is 0.481 e. The van der Waals surface area contributed by atoms with Gasteiger partial charge >= 0.3 is 5.97 Å². The summed E-state index contributed by atoms with van der Waals surface area (Å²) in [4.78, 5) is 23.1. The Morgan fingerprint density at radius 3 is 2.24 bits per heavy atom. The number of carboxylic acids is 1. The van der Waals surface area contributed by atoms with Gasteiger partial charge in [-0.25, -0.2) is 4.39 Å². The Morgan fingerprint density at radius 2 is 1.66 bits per heavy atom. The molecule has 1 unspecified atom stereocenters. The van der Waals surface area contributed by atoms with Crippen molar-refractivity contribution in [2.24, 2.45) is 0 Å². The number of halogens is 1. The highest BCUT2D eigenvalue weighted by molar-refractivity contribution is 5.77. The zero-order valence-corrected chi connectivity index (χ0v) is 18.3. The van der Waals surface area contributed by atoms with Crippen LogP contribution in [0.25, 0.3) is 0 Å². The summed E-state index contributed by atoms with van der Waals surface area (Å²) in [6.45, 7) is 0.591. The van der Waals surface area contributed by atoms with E-state index in [1.165, 1.54) is 6.07 Å². The molecular formula is C23H38FN2O3+. The highest BCUT2D eigenvalue weighted by atomic mass is 19.1. The number of hydrogen-bond acceptors (Lipinski definition) is 2. The summed E-state index contributed by atoms with van der Waals surface area (Å²) in [6, 6.07) is 6.47. The van der Waals surface area contributed by atoms with Crippen LogP contribution in [-0.2, 0) is 16.0 Å². The fraction of sp³-hybridized carbons (Fsp3) is 0.652. The second-order valence-electron chi connectivity index (χ2n) is 8.94. The van der Waals surface area contributed by atoms with Crippen molar-refractivity contribution in [2.75, 3.05) is 27.7 Å². The second-order valence-corrected chi connectivity index (χ2v) is 8.94. The number of rotatable bonds is 15. The Labute approximate surface area is 174 Å². The monoisotopic (exact) mass is 409 g/mol. The van der Waals surface area contributed by atoms with E-state index in [0.29, 0.717) is 17.4 Å². The van der Waals surface area contributed by atoms with Gasteiger partial charge in [0.1, 0.15) is 5.82 Å². The van der Waals surface area contributed by atoms with E-state index in [2.05, 4.69) is 5.32 Å². The molecule has 29 heavy (non-hydrogen) atoms. The zero-order chi connectivity index (χ0) is 21.7. The molecule has 1 aromatic carbocycles. The predicted molar refractivity (Wildman–Crippen MR) is 114 cm³/mol. The lowest BCUT2D eigenvalue weighted by molar-refractivity contribution is -0.871. The van der Waals surface area contributed by atoms with E-state index in [1.807, 2.05) is 27.2 Å². The number of quaternary nitrogens is 1. The number of likely N-dealkylation sites (N-methyl/N-ethyl adjacent to an activating group) is 1. The molecule has 0 radical (unpaired) electrons. The molecule has 1 aromatic rings. The number of carbonyl (C=O) groups excluding carboxylic acids is 1. The molecule has 0 aliphatic rings. The van der Waals surface area contributed by atoms with E-state index in [1.54, 1.807) is 12.1 Å². The van der Waals surface area contributed by atoms with Gasteiger partial charge in [-0.2, -0.15) is 0 Å². The van der Waals surface area contributed by atoms with Crippen LogP contribution in [0.3, 0.4) is 0 Å². The van der Waals surface area contributed by atoms with Crippen molar-refractivity contribution in [1.29, 1.82) is 0 Å². The van der Waals surface area contributed by atoms with Gasteiger partial charge in [0.05, 0.1) is 40.2 Å². The number of benzene rings is 1. The maximum atomic E-state index is 13.1. The molecule has 0 aliphatic carbocycles. The van der Waals surface area contributed by atoms with Crippen LogP contribution >= 0.6 is 0 Å². The second kappa shape index (κ2) is 13.3. The van der Waals surface area contributed by atoms with Gasteiger partial charge in [0, 0.05) is 6.42 Å². The van der Waals surface area contributed by atoms with Crippen molar-refractivity contribution >= 4 is 11.9 Å². The zero-order valence-electron chi connectivity index (χ0n) is 18.3. The van der Waals surface area contributed by atoms with Crippen LogP contribution in [0.15, 0.2) is 24.3 Å². The van der Waals surface area contributed by atoms with Crippen LogP contribution in [0.4, 0.5) is 4.39 Å². The van der Waals surface area contributed by atoms with E-state index >= 15 is 0 Å². The minimum Gasteiger partial charge on any atom is -0.481 e. The molecule has 1 amide bonds. The molecule has 0 saturated carbocycles. The highest BCUT2D eigenvalue weighted by Gasteiger charge is 2.22. The minimum atomic E-state index is -0.888. The number of carboxylic acid groups (broad SMARTS) is 1. The summed E-state index contributed by atoms with van der Waals surface area (Å²) in [5.41, 5.74) is 1.06. The lowest BCUT2D eigenvalue weighted by Gasteiger charge is -2.29. The molecule has 0 aliphatic heterocycles. The number of hydrogen-bond donors (Lipinski definition) is 2. The molecule has 0 aromatic heterocycles. The maximum absolute atomic E-state index is 13.1. The molecule has 0 fully saturated rings. The van der Waals surface area contributed by atoms with Gasteiger partial charge in [0.15, 0.2) is 0 Å². The number of aliphatic carboxylic acids is 1. The molecular weight excluding hydrogens is 371 g/mol. The van der Waals surface area contributed by atoms with Crippen LogP contribution in [0.1, 0.15) is 63.4 Å². The average molecular weight is 410 g/mol. The Balaban J connectivity index is 2.08. The van der Waals surface area contributed by atoms with Crippen molar-refractivity contribution in [1.82, 2.24) is 5.32 Å². The van der Waals surface area contributed by atoms with Crippen LogP contribution in [0, 0.1) is 5.82 Å². The van der Waals surface area contributed by atoms with Gasteiger partial charge in [-0.15, -0.1) is 0 Å². The first-order valence-corrected chi connectivity index (χ1v) is 10.7. The molecule has 164 valence electrons. The van der Waals surface area contributed by atoms with Crippen molar-refractivity contribution in [2.45, 2.75) is 70.3 Å². The Morgan fingerprint density at radius 1 is 1.03 bits per heavy atom. The Kier molecular flexibility index (Phi) is 11.5. The summed E-state index contributed by atoms with van der Waals surface area (Å²) in [6.07, 6.45) is 8.79. The fourth-order valence-electron chi connectivity index (χ4n) is 3.52. The number of nitrogens with zero attached hydrogens (tertiary/aromatic N) is 1. The number of nitrogens with one attached hydrogen (secondary N) is 1. The molecule has 0 bridgehead atoms. The van der Waals surface area contributed by atoms with Gasteiger partial charge in [-0.05, 0) is 37.0 Å². The molecule has 1 atom stereocenters. The van der Waals surface area contributed by atoms with Crippen molar-refractivity contribution in [3.63, 3.8) is 0 Å². The molecule has 0 saturated heterocycles. The van der Waals surface area contributed by atoms with Gasteiger partial charge < -0.3 is 14.9 Å². The Bertz CT molecular complexity index is 629. The smallest absolute Gasteiger partial charge is 0.305 e. The lowest BCUT2D eigenvalue weighted by Crippen LogP contribution is -2.49. The van der Waals surface area contributed by atoms with Gasteiger partial charge in [0.2, 0.25) is 5.91 Å². The SMILES string of the molecule is C[N+](C)(C)CC(CC(=O)O)NC(=O)CCCCCCCCCc1cccc(F)c1. The van der Waals surface area contributed by atoms with Crippen LogP contribution in [0.5, 0.6) is 0 Å². The van der Waals surface area contributed by atoms with E-state index in [9.17, 15) is 14.0 Å². The number of aryl methyl sites for hydroxylation is 1. The standard InChI is InChI=1S/C23H37FN2O3/c1-26(2,3)18-21(17-23(28)29)25-22(27)15-10-8-6-4-5-7-9-12-19-13-11-14-20(24)16-19/h11,13-14,16,21H,4-10,12,15,17-18H2,1-3H3,(H-,25,27,28,29)/p+1. The van der Waals surface area contributed by atoms with Gasteiger partial charge in [-0.3, -0.25) is 9.59 Å². The summed E-state index contributed by atoms with van der Waals surface area (Å²) >= 11 is 0. The Hall–Kier alpha value is -1.95. The summed E-state index contributed by atoms with van der Waals surface area (Å²) < 4.78 is 13.7. The first-order valence-electron chi connectivity index (χ1n) is 10.7. The minimum absolute atomic E-state index is 0.0448. The number of unbranched alkanes of at least 4 members (excludes halogenated alkanes) is 6. The van der Waals surface area contributed by atoms with Crippen LogP contribution < -0.4 is 5.32 Å². The topological polar surface area (TPSA) is 66.4 Å². The van der Waals surface area contributed by atoms with E-state index in [0.717, 1.165) is 56.9 Å². The molecule has 0 spiro atoms. The lowest BCUT2D eigenvalue weighted by atomic mass is 10.0. The third-order valence-corrected chi connectivity index (χ3v) is 4.81. The molecule has 2 N–H and O–H groups in total. The third-order valence-electron chi connectivity index (χ3n) is 4.81. The number of carbonyl (C=O) groups is 2. The van der Waals surface area contributed by atoms with Crippen molar-refractivity contribution in [3.8, 4) is 0 Å². The predicted octanol–water partition coefficient (Wildman–Crippen LogP) is 4.15. The van der Waals surface area contributed by atoms with Gasteiger partial charge in [-0.1, -0.05) is 44.2 Å². The molecule has 6 heteroatoms. The van der Waals surface area contributed by atoms with Crippen LogP contribution in [-0.4, -0.2) is 55.2 Å². The quantitative estimate of drug-likeness (QED) is 0.338. The van der Waals surface area contributed by atoms with Crippen molar-refractivity contribution < 1.29 is 23.6 Å². The maximum Gasteiger partial charge on any atom is 0.305 e. The summed E-state index contributed by atoms with van der Waals surface area (Å²) in [5.74, 6) is -1.11. The first kappa shape index (κ1) is 25.1. The fourth-order valence-corrected chi connectivity index (χ4v) is 3.52. The first-order chi connectivity index (χ1) is 13.7. The third kappa shape index (κ3) is 13.8. The molecule has 0 heterocycles. The number of amides is 1. The van der Waals surface area contributed by atoms with Crippen molar-refractivity contribution in [3.05, 3.63) is 35.6 Å². The molecule has 1 rings (SSSR count). The average Bonchev–Trinajstić information content (AvgIpc) is 2.58.